The van der Waals surface area contributed by atoms with Crippen molar-refractivity contribution in [2.75, 3.05) is 6.61 Å². The van der Waals surface area contributed by atoms with E-state index in [1.54, 1.807) is 6.07 Å². The Labute approximate surface area is 111 Å². The molecule has 4 heteroatoms. The normalized spacial score (nSPS) is 10.2. The average Bonchev–Trinajstić information content (AvgIpc) is 2.41. The van der Waals surface area contributed by atoms with E-state index >= 15 is 0 Å². The molecule has 0 aliphatic carbocycles. The van der Waals surface area contributed by atoms with Crippen LogP contribution >= 0.6 is 0 Å². The lowest BCUT2D eigenvalue weighted by atomic mass is 10.2. The van der Waals surface area contributed by atoms with Crippen LogP contribution in [0.5, 0.6) is 5.75 Å². The molecule has 19 heavy (non-hydrogen) atoms. The van der Waals surface area contributed by atoms with Gasteiger partial charge in [0, 0.05) is 12.5 Å². The van der Waals surface area contributed by atoms with E-state index in [1.807, 2.05) is 43.3 Å². The van der Waals surface area contributed by atoms with Crippen molar-refractivity contribution in [2.45, 2.75) is 13.3 Å². The van der Waals surface area contributed by atoms with Gasteiger partial charge in [0.05, 0.1) is 11.5 Å². The van der Waals surface area contributed by atoms with Crippen molar-refractivity contribution in [1.82, 2.24) is 0 Å². The molecule has 0 saturated carbocycles. The number of ether oxygens (including phenoxy) is 1. The Morgan fingerprint density at radius 1 is 1.16 bits per heavy atom. The molecule has 0 radical (unpaired) electrons. The number of nitro benzene ring substituents is 1. The fourth-order valence-electron chi connectivity index (χ4n) is 1.82. The third-order valence-electron chi connectivity index (χ3n) is 2.80. The highest BCUT2D eigenvalue weighted by molar-refractivity contribution is 5.48. The summed E-state index contributed by atoms with van der Waals surface area (Å²) in [7, 11) is 0. The highest BCUT2D eigenvalue weighted by Crippen LogP contribution is 2.27. The molecule has 98 valence electrons. The molecule has 0 N–H and O–H groups in total. The van der Waals surface area contributed by atoms with Gasteiger partial charge in [-0.25, -0.2) is 0 Å². The summed E-state index contributed by atoms with van der Waals surface area (Å²) in [5.41, 5.74) is 2.02. The average molecular weight is 257 g/mol. The lowest BCUT2D eigenvalue weighted by Gasteiger charge is -2.07. The minimum Gasteiger partial charge on any atom is -0.486 e. The molecule has 0 atom stereocenters. The first-order valence-corrected chi connectivity index (χ1v) is 6.08. The van der Waals surface area contributed by atoms with Gasteiger partial charge >= 0.3 is 5.69 Å². The smallest absolute Gasteiger partial charge is 0.311 e. The number of nitrogens with zero attached hydrogens (tertiary/aromatic N) is 1. The first-order valence-electron chi connectivity index (χ1n) is 6.08. The van der Waals surface area contributed by atoms with Crippen LogP contribution in [0.3, 0.4) is 0 Å². The van der Waals surface area contributed by atoms with Crippen LogP contribution in [0.1, 0.15) is 11.1 Å². The minimum absolute atomic E-state index is 0.0214. The van der Waals surface area contributed by atoms with E-state index in [4.69, 9.17) is 4.74 Å². The van der Waals surface area contributed by atoms with Crippen molar-refractivity contribution in [2.24, 2.45) is 0 Å². The Kier molecular flexibility index (Phi) is 4.13. The molecule has 0 fully saturated rings. The van der Waals surface area contributed by atoms with Crippen molar-refractivity contribution in [3.8, 4) is 5.75 Å². The van der Waals surface area contributed by atoms with Crippen LogP contribution in [0, 0.1) is 17.0 Å². The van der Waals surface area contributed by atoms with Gasteiger partial charge in [0.1, 0.15) is 0 Å². The van der Waals surface area contributed by atoms with Crippen LogP contribution in [-0.4, -0.2) is 11.5 Å². The number of aryl methyl sites for hydroxylation is 1. The third kappa shape index (κ3) is 3.55. The number of hydrogen-bond donors (Lipinski definition) is 0. The molecule has 2 rings (SSSR count). The van der Waals surface area contributed by atoms with E-state index in [2.05, 4.69) is 0 Å². The van der Waals surface area contributed by atoms with E-state index in [0.717, 1.165) is 17.5 Å². The molecule has 2 aromatic carbocycles. The molecular formula is C15H15NO3. The van der Waals surface area contributed by atoms with Crippen LogP contribution < -0.4 is 4.74 Å². The quantitative estimate of drug-likeness (QED) is 0.608. The van der Waals surface area contributed by atoms with E-state index in [1.165, 1.54) is 6.07 Å². The molecule has 2 aromatic rings. The largest absolute Gasteiger partial charge is 0.486 e. The second-order valence-electron chi connectivity index (χ2n) is 4.31. The zero-order valence-electron chi connectivity index (χ0n) is 10.7. The lowest BCUT2D eigenvalue weighted by Crippen LogP contribution is -2.03. The lowest BCUT2D eigenvalue weighted by molar-refractivity contribution is -0.385. The second kappa shape index (κ2) is 6.00. The van der Waals surface area contributed by atoms with E-state index in [-0.39, 0.29) is 5.69 Å². The van der Waals surface area contributed by atoms with E-state index < -0.39 is 4.92 Å². The molecule has 0 bridgehead atoms. The summed E-state index contributed by atoms with van der Waals surface area (Å²) < 4.78 is 5.52. The Hall–Kier alpha value is -2.36. The van der Waals surface area contributed by atoms with E-state index in [9.17, 15) is 10.1 Å². The molecule has 0 spiro atoms. The Morgan fingerprint density at radius 3 is 2.58 bits per heavy atom. The molecule has 4 nitrogen and oxygen atoms in total. The Morgan fingerprint density at radius 2 is 1.89 bits per heavy atom. The highest BCUT2D eigenvalue weighted by Gasteiger charge is 2.14. The second-order valence-corrected chi connectivity index (χ2v) is 4.31. The molecule has 0 aliphatic rings. The summed E-state index contributed by atoms with van der Waals surface area (Å²) in [5.74, 6) is 0.325. The van der Waals surface area contributed by atoms with Gasteiger partial charge in [-0.05, 0) is 24.1 Å². The maximum atomic E-state index is 10.9. The first kappa shape index (κ1) is 13.1. The van der Waals surface area contributed by atoms with Crippen LogP contribution in [0.15, 0.2) is 48.5 Å². The SMILES string of the molecule is Cc1ccc(OCCc2ccccc2)c([N+](=O)[O-])c1. The standard InChI is InChI=1S/C15H15NO3/c1-12-7-8-15(14(11-12)16(17)18)19-10-9-13-5-3-2-4-6-13/h2-8,11H,9-10H2,1H3. The molecule has 0 aliphatic heterocycles. The van der Waals surface area contributed by atoms with Gasteiger partial charge in [-0.1, -0.05) is 36.4 Å². The highest BCUT2D eigenvalue weighted by atomic mass is 16.6. The van der Waals surface area contributed by atoms with E-state index in [0.29, 0.717) is 12.4 Å². The monoisotopic (exact) mass is 257 g/mol. The van der Waals surface area contributed by atoms with Gasteiger partial charge in [0.15, 0.2) is 5.75 Å². The topological polar surface area (TPSA) is 52.4 Å². The zero-order valence-corrected chi connectivity index (χ0v) is 10.7. The van der Waals surface area contributed by atoms with Gasteiger partial charge in [-0.15, -0.1) is 0 Å². The predicted octanol–water partition coefficient (Wildman–Crippen LogP) is 3.52. The molecule has 0 amide bonds. The van der Waals surface area contributed by atoms with Crippen molar-refractivity contribution in [3.05, 3.63) is 69.8 Å². The maximum absolute atomic E-state index is 10.9. The number of hydrogen-bond acceptors (Lipinski definition) is 3. The Bertz CT molecular complexity index is 567. The van der Waals surface area contributed by atoms with Crippen LogP contribution in [0.25, 0.3) is 0 Å². The van der Waals surface area contributed by atoms with Crippen LogP contribution in [0.2, 0.25) is 0 Å². The summed E-state index contributed by atoms with van der Waals surface area (Å²) in [6.07, 6.45) is 0.728. The van der Waals surface area contributed by atoms with Crippen molar-refractivity contribution in [3.63, 3.8) is 0 Å². The summed E-state index contributed by atoms with van der Waals surface area (Å²) >= 11 is 0. The van der Waals surface area contributed by atoms with Crippen molar-refractivity contribution < 1.29 is 9.66 Å². The maximum Gasteiger partial charge on any atom is 0.311 e. The molecule has 0 saturated heterocycles. The van der Waals surface area contributed by atoms with Crippen molar-refractivity contribution in [1.29, 1.82) is 0 Å². The van der Waals surface area contributed by atoms with Gasteiger partial charge in [0.2, 0.25) is 0 Å². The summed E-state index contributed by atoms with van der Waals surface area (Å²) in [6.45, 7) is 2.24. The van der Waals surface area contributed by atoms with Crippen molar-refractivity contribution >= 4 is 5.69 Å². The molecular weight excluding hydrogens is 242 g/mol. The zero-order chi connectivity index (χ0) is 13.7. The summed E-state index contributed by atoms with van der Waals surface area (Å²) in [4.78, 5) is 10.5. The minimum atomic E-state index is -0.412. The summed E-state index contributed by atoms with van der Waals surface area (Å²) in [6, 6.07) is 14.9. The molecule has 0 heterocycles. The number of nitro groups is 1. The van der Waals surface area contributed by atoms with Crippen LogP contribution in [0.4, 0.5) is 5.69 Å². The fourth-order valence-corrected chi connectivity index (χ4v) is 1.82. The number of rotatable bonds is 5. The van der Waals surface area contributed by atoms with Gasteiger partial charge in [0.25, 0.3) is 0 Å². The molecule has 0 unspecified atom stereocenters. The fraction of sp³-hybridized carbons (Fsp3) is 0.200. The third-order valence-corrected chi connectivity index (χ3v) is 2.80. The first-order chi connectivity index (χ1) is 9.16. The molecule has 0 aromatic heterocycles. The number of benzene rings is 2. The van der Waals surface area contributed by atoms with Gasteiger partial charge < -0.3 is 4.74 Å². The van der Waals surface area contributed by atoms with Gasteiger partial charge in [-0.3, -0.25) is 10.1 Å². The summed E-state index contributed by atoms with van der Waals surface area (Å²) in [5, 5.41) is 10.9. The predicted molar refractivity (Wildman–Crippen MR) is 73.5 cm³/mol. The Balaban J connectivity index is 2.02. The van der Waals surface area contributed by atoms with Crippen LogP contribution in [-0.2, 0) is 6.42 Å². The van der Waals surface area contributed by atoms with Gasteiger partial charge in [-0.2, -0.15) is 0 Å².